The number of likely N-dealkylation sites (N-methyl/N-ethyl adjacent to an activating group) is 1. The third kappa shape index (κ3) is 2.44. The van der Waals surface area contributed by atoms with Crippen molar-refractivity contribution in [2.24, 2.45) is 0 Å². The predicted octanol–water partition coefficient (Wildman–Crippen LogP) is 3.70. The van der Waals surface area contributed by atoms with Gasteiger partial charge in [-0.2, -0.15) is 0 Å². The number of hydrogen-bond acceptors (Lipinski definition) is 4. The number of piperidine rings is 1. The molecule has 0 unspecified atom stereocenters. The second kappa shape index (κ2) is 6.43. The zero-order valence-electron chi connectivity index (χ0n) is 17.4. The van der Waals surface area contributed by atoms with Gasteiger partial charge in [-0.1, -0.05) is 17.7 Å². The summed E-state index contributed by atoms with van der Waals surface area (Å²) in [6, 6.07) is 14.4. The van der Waals surface area contributed by atoms with E-state index in [1.165, 1.54) is 16.7 Å². The first-order valence-corrected chi connectivity index (χ1v) is 10.5. The molecule has 0 saturated carbocycles. The smallest absolute Gasteiger partial charge is 0.115 e. The molecule has 3 atom stereocenters. The molecule has 2 heterocycles. The molecule has 1 aromatic heterocycles. The molecule has 2 aromatic carbocycles. The molecule has 1 fully saturated rings. The lowest BCUT2D eigenvalue weighted by atomic mass is 9.49. The van der Waals surface area contributed by atoms with E-state index < -0.39 is 11.0 Å². The van der Waals surface area contributed by atoms with Gasteiger partial charge < -0.3 is 15.1 Å². The third-order valence-electron chi connectivity index (χ3n) is 7.89. The number of aromatic hydroxyl groups is 1. The molecular formula is C25H27ClN2O2. The molecule has 4 nitrogen and oxygen atoms in total. The summed E-state index contributed by atoms with van der Waals surface area (Å²) in [6.45, 7) is 3.05. The van der Waals surface area contributed by atoms with Gasteiger partial charge in [-0.05, 0) is 80.4 Å². The van der Waals surface area contributed by atoms with Crippen molar-refractivity contribution in [3.05, 3.63) is 70.4 Å². The Hall–Kier alpha value is -2.14. The fraction of sp³-hybridized carbons (Fsp3) is 0.400. The van der Waals surface area contributed by atoms with Gasteiger partial charge in [-0.25, -0.2) is 0 Å². The van der Waals surface area contributed by atoms with Crippen molar-refractivity contribution < 1.29 is 10.2 Å². The number of hydrogen-bond donors (Lipinski definition) is 2. The van der Waals surface area contributed by atoms with E-state index in [0.717, 1.165) is 48.0 Å². The Morgan fingerprint density at radius 3 is 2.73 bits per heavy atom. The number of aryl methyl sites for hydroxylation is 1. The number of benzene rings is 2. The van der Waals surface area contributed by atoms with Crippen molar-refractivity contribution in [1.82, 2.24) is 9.88 Å². The van der Waals surface area contributed by atoms with Crippen LogP contribution >= 0.6 is 12.4 Å². The number of pyridine rings is 1. The lowest BCUT2D eigenvalue weighted by molar-refractivity contribution is -0.145. The van der Waals surface area contributed by atoms with Crippen LogP contribution in [0.1, 0.15) is 34.4 Å². The van der Waals surface area contributed by atoms with Crippen molar-refractivity contribution >= 4 is 23.3 Å². The van der Waals surface area contributed by atoms with E-state index in [1.807, 2.05) is 12.1 Å². The Kier molecular flexibility index (Phi) is 4.24. The zero-order chi connectivity index (χ0) is 20.0. The van der Waals surface area contributed by atoms with E-state index in [-0.39, 0.29) is 24.2 Å². The first-order chi connectivity index (χ1) is 13.9. The molecule has 1 saturated heterocycles. The van der Waals surface area contributed by atoms with Crippen LogP contribution in [0.4, 0.5) is 0 Å². The molecular weight excluding hydrogens is 396 g/mol. The number of phenols is 1. The van der Waals surface area contributed by atoms with Crippen LogP contribution in [0.2, 0.25) is 0 Å². The summed E-state index contributed by atoms with van der Waals surface area (Å²) in [5, 5.41) is 23.7. The largest absolute Gasteiger partial charge is 0.508 e. The van der Waals surface area contributed by atoms with Gasteiger partial charge in [0.1, 0.15) is 5.75 Å². The van der Waals surface area contributed by atoms with Crippen LogP contribution in [0.5, 0.6) is 5.75 Å². The zero-order valence-corrected chi connectivity index (χ0v) is 18.2. The minimum atomic E-state index is -0.854. The summed E-state index contributed by atoms with van der Waals surface area (Å²) >= 11 is 0. The van der Waals surface area contributed by atoms with Crippen molar-refractivity contribution in [1.29, 1.82) is 0 Å². The number of aromatic nitrogens is 1. The van der Waals surface area contributed by atoms with Gasteiger partial charge in [0.05, 0.1) is 11.1 Å². The number of nitrogens with zero attached hydrogens (tertiary/aromatic N) is 2. The number of aliphatic hydroxyl groups is 1. The Morgan fingerprint density at radius 1 is 1.07 bits per heavy atom. The van der Waals surface area contributed by atoms with E-state index in [2.05, 4.69) is 43.1 Å². The second-order valence-corrected chi connectivity index (χ2v) is 9.44. The molecule has 1 aliphatic heterocycles. The van der Waals surface area contributed by atoms with Gasteiger partial charge in [-0.3, -0.25) is 4.98 Å². The first kappa shape index (κ1) is 19.8. The second-order valence-electron chi connectivity index (χ2n) is 9.44. The average molecular weight is 423 g/mol. The number of halogens is 1. The van der Waals surface area contributed by atoms with Crippen LogP contribution in [0.3, 0.4) is 0 Å². The number of rotatable bonds is 0. The topological polar surface area (TPSA) is 56.6 Å². The predicted molar refractivity (Wildman–Crippen MR) is 121 cm³/mol. The Balaban J connectivity index is 0.00000193. The molecule has 5 heteroatoms. The molecule has 2 aliphatic carbocycles. The van der Waals surface area contributed by atoms with Crippen LogP contribution in [0, 0.1) is 6.92 Å². The van der Waals surface area contributed by atoms with Gasteiger partial charge in [0.2, 0.25) is 0 Å². The SMILES string of the molecule is Cc1ccc2nc3c(cc2c1)C[C@@]1(O)[C@H]2Cc4ccc(O)cc4[C@@]1(CCN2C)C3.Cl. The lowest BCUT2D eigenvalue weighted by Crippen LogP contribution is -2.73. The maximum atomic E-state index is 12.3. The number of likely N-dealkylation sites (tertiary alicyclic amines) is 1. The van der Waals surface area contributed by atoms with E-state index in [4.69, 9.17) is 4.98 Å². The van der Waals surface area contributed by atoms with Crippen molar-refractivity contribution in [2.75, 3.05) is 13.6 Å². The molecule has 3 aliphatic rings. The minimum absolute atomic E-state index is 0. The van der Waals surface area contributed by atoms with Gasteiger partial charge >= 0.3 is 0 Å². The monoisotopic (exact) mass is 422 g/mol. The Labute approximate surface area is 183 Å². The third-order valence-corrected chi connectivity index (χ3v) is 7.89. The molecule has 0 spiro atoms. The van der Waals surface area contributed by atoms with Gasteiger partial charge in [0.25, 0.3) is 0 Å². The summed E-state index contributed by atoms with van der Waals surface area (Å²) in [5.74, 6) is 0.283. The van der Waals surface area contributed by atoms with E-state index >= 15 is 0 Å². The summed E-state index contributed by atoms with van der Waals surface area (Å²) in [5.41, 5.74) is 5.65. The maximum absolute atomic E-state index is 12.3. The molecule has 6 rings (SSSR count). The summed E-state index contributed by atoms with van der Waals surface area (Å²) in [7, 11) is 2.13. The van der Waals surface area contributed by atoms with Crippen LogP contribution in [-0.4, -0.2) is 45.3 Å². The van der Waals surface area contributed by atoms with E-state index in [1.54, 1.807) is 6.07 Å². The molecule has 3 aromatic rings. The lowest BCUT2D eigenvalue weighted by Gasteiger charge is -2.63. The van der Waals surface area contributed by atoms with Gasteiger partial charge in [-0.15, -0.1) is 12.4 Å². The highest BCUT2D eigenvalue weighted by Gasteiger charge is 2.64. The van der Waals surface area contributed by atoms with Crippen LogP contribution in [0.25, 0.3) is 10.9 Å². The summed E-state index contributed by atoms with van der Waals surface area (Å²) in [6.07, 6.45) is 3.03. The first-order valence-electron chi connectivity index (χ1n) is 10.5. The van der Waals surface area contributed by atoms with Gasteiger partial charge in [0, 0.05) is 35.4 Å². The quantitative estimate of drug-likeness (QED) is 0.580. The summed E-state index contributed by atoms with van der Waals surface area (Å²) < 4.78 is 0. The molecule has 156 valence electrons. The van der Waals surface area contributed by atoms with Crippen molar-refractivity contribution in [3.63, 3.8) is 0 Å². The molecule has 0 radical (unpaired) electrons. The number of phenolic OH excluding ortho intramolecular Hbond substituents is 1. The summed E-state index contributed by atoms with van der Waals surface area (Å²) in [4.78, 5) is 7.38. The van der Waals surface area contributed by atoms with E-state index in [9.17, 15) is 10.2 Å². The van der Waals surface area contributed by atoms with Crippen LogP contribution < -0.4 is 0 Å². The van der Waals surface area contributed by atoms with Crippen LogP contribution in [-0.2, 0) is 24.7 Å². The fourth-order valence-electron chi connectivity index (χ4n) is 6.40. The van der Waals surface area contributed by atoms with Crippen molar-refractivity contribution in [2.45, 2.75) is 49.7 Å². The normalized spacial score (nSPS) is 29.5. The maximum Gasteiger partial charge on any atom is 0.115 e. The standard InChI is InChI=1S/C25H26N2O2.ClH/c1-15-3-6-21-17(9-15)10-18-13-25(29)23-11-16-4-5-19(28)12-20(16)24(25,7-8-27(23)2)14-22(18)26-21;/h3-6,9-10,12,23,28-29H,7-8,11,13-14H2,1-2H3;1H/t23-,24-,25-;/m1./s1. The van der Waals surface area contributed by atoms with E-state index in [0.29, 0.717) is 6.42 Å². The minimum Gasteiger partial charge on any atom is -0.508 e. The Bertz CT molecular complexity index is 1180. The highest BCUT2D eigenvalue weighted by molar-refractivity contribution is 5.85. The molecule has 0 amide bonds. The molecule has 30 heavy (non-hydrogen) atoms. The highest BCUT2D eigenvalue weighted by atomic mass is 35.5. The van der Waals surface area contributed by atoms with Gasteiger partial charge in [0.15, 0.2) is 0 Å². The molecule has 2 N–H and O–H groups in total. The highest BCUT2D eigenvalue weighted by Crippen LogP contribution is 2.57. The molecule has 2 bridgehead atoms. The average Bonchev–Trinajstić information content (AvgIpc) is 2.68. The fourth-order valence-corrected chi connectivity index (χ4v) is 6.40. The van der Waals surface area contributed by atoms with Crippen LogP contribution in [0.15, 0.2) is 42.5 Å². The van der Waals surface area contributed by atoms with Crippen molar-refractivity contribution in [3.8, 4) is 5.75 Å². The number of fused-ring (bicyclic) bond motifs is 3. The Morgan fingerprint density at radius 2 is 1.90 bits per heavy atom.